The van der Waals surface area contributed by atoms with Crippen molar-refractivity contribution in [3.8, 4) is 17.2 Å². The van der Waals surface area contributed by atoms with Crippen molar-refractivity contribution in [2.24, 2.45) is 0 Å². The first-order valence-corrected chi connectivity index (χ1v) is 10.3. The minimum Gasteiger partial charge on any atom is -0.490 e. The van der Waals surface area contributed by atoms with Gasteiger partial charge in [0.1, 0.15) is 5.54 Å². The van der Waals surface area contributed by atoms with Crippen LogP contribution in [-0.4, -0.2) is 53.8 Å². The molecule has 0 spiro atoms. The second-order valence-electron chi connectivity index (χ2n) is 6.05. The van der Waals surface area contributed by atoms with Crippen LogP contribution in [0.3, 0.4) is 0 Å². The van der Waals surface area contributed by atoms with Gasteiger partial charge in [0.15, 0.2) is 11.5 Å². The number of nitrogens with one attached hydrogen (secondary N) is 1. The molecule has 150 valence electrons. The summed E-state index contributed by atoms with van der Waals surface area (Å²) in [7, 11) is 0. The Balaban J connectivity index is 2.37. The highest BCUT2D eigenvalue weighted by Crippen LogP contribution is 2.39. The number of rotatable bonds is 9. The third-order valence-electron chi connectivity index (χ3n) is 4.28. The molecule has 0 saturated carbocycles. The van der Waals surface area contributed by atoms with Crippen molar-refractivity contribution in [2.45, 2.75) is 39.2 Å². The fraction of sp³-hybridized carbons (Fsp3) is 0.579. The van der Waals surface area contributed by atoms with E-state index in [1.54, 1.807) is 23.9 Å². The Kier molecular flexibility index (Phi) is 7.65. The fourth-order valence-corrected chi connectivity index (χ4v) is 4.11. The highest BCUT2D eigenvalue weighted by Gasteiger charge is 2.41. The minimum atomic E-state index is -1.24. The Hall–Kier alpha value is -2.09. The van der Waals surface area contributed by atoms with E-state index >= 15 is 0 Å². The molecule has 1 amide bonds. The van der Waals surface area contributed by atoms with Gasteiger partial charge in [-0.15, -0.1) is 0 Å². The van der Waals surface area contributed by atoms with Crippen molar-refractivity contribution in [3.63, 3.8) is 0 Å². The first-order chi connectivity index (χ1) is 13.0. The van der Waals surface area contributed by atoms with Crippen LogP contribution in [0.5, 0.6) is 17.2 Å². The molecule has 2 N–H and O–H groups in total. The Labute approximate surface area is 163 Å². The molecule has 8 heteroatoms. The zero-order valence-corrected chi connectivity index (χ0v) is 16.8. The van der Waals surface area contributed by atoms with Gasteiger partial charge in [-0.1, -0.05) is 0 Å². The number of ether oxygens (including phenoxy) is 3. The Morgan fingerprint density at radius 3 is 2.00 bits per heavy atom. The SMILES string of the molecule is CCOc1cc(C(=O)NC2(C(=O)O)CCSCC2)cc(OCC)c1OCC. The van der Waals surface area contributed by atoms with Crippen molar-refractivity contribution in [1.82, 2.24) is 5.32 Å². The van der Waals surface area contributed by atoms with Crippen molar-refractivity contribution in [3.05, 3.63) is 17.7 Å². The maximum Gasteiger partial charge on any atom is 0.329 e. The third kappa shape index (κ3) is 5.00. The smallest absolute Gasteiger partial charge is 0.329 e. The average molecular weight is 397 g/mol. The predicted octanol–water partition coefficient (Wildman–Crippen LogP) is 2.96. The van der Waals surface area contributed by atoms with Crippen LogP contribution in [0.4, 0.5) is 0 Å². The van der Waals surface area contributed by atoms with Crippen LogP contribution in [0.15, 0.2) is 12.1 Å². The molecule has 0 aliphatic carbocycles. The van der Waals surface area contributed by atoms with Crippen LogP contribution in [-0.2, 0) is 4.79 Å². The maximum absolute atomic E-state index is 12.9. The van der Waals surface area contributed by atoms with Crippen molar-refractivity contribution in [1.29, 1.82) is 0 Å². The minimum absolute atomic E-state index is 0.282. The zero-order valence-electron chi connectivity index (χ0n) is 16.0. The van der Waals surface area contributed by atoms with Gasteiger partial charge in [0.05, 0.1) is 19.8 Å². The summed E-state index contributed by atoms with van der Waals surface area (Å²) in [5.74, 6) is 1.18. The summed E-state index contributed by atoms with van der Waals surface area (Å²) < 4.78 is 16.9. The molecule has 7 nitrogen and oxygen atoms in total. The standard InChI is InChI=1S/C19H27NO6S/c1-4-24-14-11-13(12-15(25-5-2)16(14)26-6-3)17(21)20-19(18(22)23)7-9-27-10-8-19/h11-12H,4-10H2,1-3H3,(H,20,21)(H,22,23). The van der Waals surface area contributed by atoms with Gasteiger partial charge in [-0.25, -0.2) is 4.79 Å². The van der Waals surface area contributed by atoms with Crippen LogP contribution >= 0.6 is 11.8 Å². The van der Waals surface area contributed by atoms with E-state index in [0.29, 0.717) is 61.4 Å². The predicted molar refractivity (Wildman–Crippen MR) is 104 cm³/mol. The number of carboxylic acid groups (broad SMARTS) is 1. The largest absolute Gasteiger partial charge is 0.490 e. The lowest BCUT2D eigenvalue weighted by atomic mass is 9.91. The first kappa shape index (κ1) is 21.2. The first-order valence-electron chi connectivity index (χ1n) is 9.17. The van der Waals surface area contributed by atoms with Gasteiger partial charge in [0.25, 0.3) is 5.91 Å². The highest BCUT2D eigenvalue weighted by atomic mass is 32.2. The summed E-state index contributed by atoms with van der Waals surface area (Å²) in [6.45, 7) is 6.74. The second kappa shape index (κ2) is 9.73. The molecule has 0 bridgehead atoms. The molecule has 0 aromatic heterocycles. The highest BCUT2D eigenvalue weighted by molar-refractivity contribution is 7.99. The molecule has 0 radical (unpaired) electrons. The quantitative estimate of drug-likeness (QED) is 0.661. The number of hydrogen-bond donors (Lipinski definition) is 2. The molecular weight excluding hydrogens is 370 g/mol. The summed E-state index contributed by atoms with van der Waals surface area (Å²) in [6, 6.07) is 3.14. The van der Waals surface area contributed by atoms with Gasteiger partial charge in [-0.3, -0.25) is 4.79 Å². The summed E-state index contributed by atoms with van der Waals surface area (Å²) in [5.41, 5.74) is -0.956. The zero-order chi connectivity index (χ0) is 19.9. The monoisotopic (exact) mass is 397 g/mol. The Bertz CT molecular complexity index is 645. The number of thioether (sulfide) groups is 1. The molecule has 1 aromatic carbocycles. The van der Waals surface area contributed by atoms with Gasteiger partial charge in [0, 0.05) is 5.56 Å². The lowest BCUT2D eigenvalue weighted by Crippen LogP contribution is -2.56. The summed E-state index contributed by atoms with van der Waals surface area (Å²) in [4.78, 5) is 24.7. The number of carbonyl (C=O) groups excluding carboxylic acids is 1. The van der Waals surface area contributed by atoms with Gasteiger partial charge >= 0.3 is 5.97 Å². The topological polar surface area (TPSA) is 94.1 Å². The molecule has 1 aliphatic heterocycles. The van der Waals surface area contributed by atoms with Crippen LogP contribution < -0.4 is 19.5 Å². The number of carboxylic acids is 1. The van der Waals surface area contributed by atoms with Crippen molar-refractivity contribution < 1.29 is 28.9 Å². The van der Waals surface area contributed by atoms with Gasteiger partial charge in [0.2, 0.25) is 5.75 Å². The van der Waals surface area contributed by atoms with E-state index in [2.05, 4.69) is 5.32 Å². The molecule has 0 atom stereocenters. The Morgan fingerprint density at radius 2 is 1.56 bits per heavy atom. The van der Waals surface area contributed by atoms with E-state index < -0.39 is 17.4 Å². The second-order valence-corrected chi connectivity index (χ2v) is 7.28. The molecule has 1 aliphatic rings. The van der Waals surface area contributed by atoms with E-state index in [0.717, 1.165) is 0 Å². The summed E-state index contributed by atoms with van der Waals surface area (Å²) in [5, 5.41) is 12.4. The molecular formula is C19H27NO6S. The molecule has 1 heterocycles. The van der Waals surface area contributed by atoms with Gasteiger partial charge in [-0.05, 0) is 57.3 Å². The van der Waals surface area contributed by atoms with Crippen LogP contribution in [0.25, 0.3) is 0 Å². The molecule has 1 aromatic rings. The van der Waals surface area contributed by atoms with E-state index in [4.69, 9.17) is 14.2 Å². The lowest BCUT2D eigenvalue weighted by Gasteiger charge is -2.33. The van der Waals surface area contributed by atoms with E-state index in [-0.39, 0.29) is 5.56 Å². The summed E-state index contributed by atoms with van der Waals surface area (Å²) in [6.07, 6.45) is 0.790. The lowest BCUT2D eigenvalue weighted by molar-refractivity contribution is -0.144. The normalized spacial score (nSPS) is 15.7. The molecule has 2 rings (SSSR count). The van der Waals surface area contributed by atoms with Crippen LogP contribution in [0.1, 0.15) is 44.0 Å². The molecule has 1 fully saturated rings. The van der Waals surface area contributed by atoms with E-state index in [1.165, 1.54) is 0 Å². The molecule has 0 unspecified atom stereocenters. The number of hydrogen-bond acceptors (Lipinski definition) is 6. The van der Waals surface area contributed by atoms with E-state index in [9.17, 15) is 14.7 Å². The third-order valence-corrected chi connectivity index (χ3v) is 5.27. The number of carbonyl (C=O) groups is 2. The number of amides is 1. The summed E-state index contributed by atoms with van der Waals surface area (Å²) >= 11 is 1.69. The fourth-order valence-electron chi connectivity index (χ4n) is 2.92. The van der Waals surface area contributed by atoms with Crippen molar-refractivity contribution >= 4 is 23.6 Å². The van der Waals surface area contributed by atoms with Gasteiger partial charge < -0.3 is 24.6 Å². The van der Waals surface area contributed by atoms with Crippen LogP contribution in [0.2, 0.25) is 0 Å². The molecule has 1 saturated heterocycles. The van der Waals surface area contributed by atoms with Crippen molar-refractivity contribution in [2.75, 3.05) is 31.3 Å². The maximum atomic E-state index is 12.9. The average Bonchev–Trinajstić information content (AvgIpc) is 2.65. The molecule has 27 heavy (non-hydrogen) atoms. The van der Waals surface area contributed by atoms with E-state index in [1.807, 2.05) is 20.8 Å². The van der Waals surface area contributed by atoms with Crippen LogP contribution in [0, 0.1) is 0 Å². The Morgan fingerprint density at radius 1 is 1.04 bits per heavy atom. The van der Waals surface area contributed by atoms with Gasteiger partial charge in [-0.2, -0.15) is 11.8 Å². The number of benzene rings is 1. The number of aliphatic carboxylic acids is 1.